The van der Waals surface area contributed by atoms with Crippen LogP contribution in [-0.2, 0) is 6.18 Å². The molecule has 0 unspecified atom stereocenters. The van der Waals surface area contributed by atoms with Crippen LogP contribution >= 0.6 is 11.3 Å². The van der Waals surface area contributed by atoms with E-state index in [1.54, 1.807) is 24.3 Å². The number of pyridine rings is 1. The largest absolute Gasteiger partial charge is 0.433 e. The van der Waals surface area contributed by atoms with Crippen molar-refractivity contribution in [3.05, 3.63) is 70.7 Å². The van der Waals surface area contributed by atoms with Crippen molar-refractivity contribution in [2.75, 3.05) is 5.32 Å². The Morgan fingerprint density at radius 2 is 1.85 bits per heavy atom. The highest BCUT2D eigenvalue weighted by atomic mass is 32.1. The summed E-state index contributed by atoms with van der Waals surface area (Å²) in [5.74, 6) is -0.0989. The lowest BCUT2D eigenvalue weighted by atomic mass is 9.90. The van der Waals surface area contributed by atoms with Crippen LogP contribution < -0.4 is 10.6 Å². The summed E-state index contributed by atoms with van der Waals surface area (Å²) < 4.78 is 41.3. The standard InChI is InChI=1S/C26H24F3N3OS/c1-15-9-10-16-12-23(34-22(16)11-15)25(33)31-18-6-4-5-17(13-18)30-21-14-24(26(27,28)29)32-20-8-3-2-7-19(20)21/h2-3,7-12,14,17-18H,4-6,13H2,1H3,(H,30,32)(H,31,33)/t17-,18+/m0/s1. The highest BCUT2D eigenvalue weighted by Crippen LogP contribution is 2.34. The number of carbonyl (C=O) groups excluding carboxylic acids is 1. The van der Waals surface area contributed by atoms with Crippen molar-refractivity contribution in [2.24, 2.45) is 0 Å². The minimum atomic E-state index is -4.52. The van der Waals surface area contributed by atoms with Crippen molar-refractivity contribution in [3.63, 3.8) is 0 Å². The molecular formula is C26H24F3N3OS. The van der Waals surface area contributed by atoms with Gasteiger partial charge in [-0.05, 0) is 67.8 Å². The van der Waals surface area contributed by atoms with E-state index in [9.17, 15) is 18.0 Å². The Morgan fingerprint density at radius 3 is 2.68 bits per heavy atom. The maximum absolute atomic E-state index is 13.4. The van der Waals surface area contributed by atoms with Gasteiger partial charge in [-0.25, -0.2) is 4.98 Å². The van der Waals surface area contributed by atoms with E-state index in [1.165, 1.54) is 11.3 Å². The Bertz CT molecular complexity index is 1360. The zero-order chi connectivity index (χ0) is 23.9. The molecule has 1 saturated carbocycles. The van der Waals surface area contributed by atoms with Crippen molar-refractivity contribution in [3.8, 4) is 0 Å². The number of aromatic nitrogens is 1. The summed E-state index contributed by atoms with van der Waals surface area (Å²) in [5, 5.41) is 8.16. The van der Waals surface area contributed by atoms with Crippen LogP contribution in [0.3, 0.4) is 0 Å². The lowest BCUT2D eigenvalue weighted by Gasteiger charge is -2.31. The fraction of sp³-hybridized carbons (Fsp3) is 0.308. The van der Waals surface area contributed by atoms with E-state index in [2.05, 4.69) is 21.7 Å². The minimum absolute atomic E-state index is 0.0408. The molecule has 4 aromatic rings. The van der Waals surface area contributed by atoms with E-state index in [1.807, 2.05) is 25.1 Å². The first-order chi connectivity index (χ1) is 16.3. The molecule has 0 aliphatic heterocycles. The first-order valence-corrected chi connectivity index (χ1v) is 12.1. The predicted octanol–water partition coefficient (Wildman–Crippen LogP) is 6.93. The highest BCUT2D eigenvalue weighted by Gasteiger charge is 2.34. The number of anilines is 1. The molecule has 176 valence electrons. The average Bonchev–Trinajstić information content (AvgIpc) is 3.22. The molecule has 2 heterocycles. The van der Waals surface area contributed by atoms with Gasteiger partial charge in [0.05, 0.1) is 10.4 Å². The number of alkyl halides is 3. The second kappa shape index (κ2) is 8.91. The molecule has 4 nitrogen and oxygen atoms in total. The van der Waals surface area contributed by atoms with Crippen LogP contribution in [0.25, 0.3) is 21.0 Å². The van der Waals surface area contributed by atoms with Gasteiger partial charge < -0.3 is 10.6 Å². The number of nitrogens with zero attached hydrogens (tertiary/aromatic N) is 1. The van der Waals surface area contributed by atoms with Crippen molar-refractivity contribution in [1.82, 2.24) is 10.3 Å². The van der Waals surface area contributed by atoms with Crippen LogP contribution in [0.1, 0.15) is 46.6 Å². The lowest BCUT2D eigenvalue weighted by molar-refractivity contribution is -0.140. The van der Waals surface area contributed by atoms with Gasteiger partial charge in [-0.1, -0.05) is 30.3 Å². The van der Waals surface area contributed by atoms with E-state index in [4.69, 9.17) is 0 Å². The van der Waals surface area contributed by atoms with E-state index in [0.29, 0.717) is 27.9 Å². The highest BCUT2D eigenvalue weighted by molar-refractivity contribution is 7.20. The Morgan fingerprint density at radius 1 is 1.06 bits per heavy atom. The number of thiophene rings is 1. The Balaban J connectivity index is 1.32. The predicted molar refractivity (Wildman–Crippen MR) is 130 cm³/mol. The van der Waals surface area contributed by atoms with E-state index < -0.39 is 11.9 Å². The topological polar surface area (TPSA) is 54.0 Å². The van der Waals surface area contributed by atoms with Crippen molar-refractivity contribution >= 4 is 43.9 Å². The molecule has 5 rings (SSSR count). The monoisotopic (exact) mass is 483 g/mol. The number of carbonyl (C=O) groups is 1. The number of halogens is 3. The first kappa shape index (κ1) is 22.7. The molecule has 34 heavy (non-hydrogen) atoms. The zero-order valence-corrected chi connectivity index (χ0v) is 19.4. The molecular weight excluding hydrogens is 459 g/mol. The number of amides is 1. The summed E-state index contributed by atoms with van der Waals surface area (Å²) >= 11 is 1.48. The number of aryl methyl sites for hydroxylation is 1. The molecule has 2 aromatic carbocycles. The Kier molecular flexibility index (Phi) is 5.93. The zero-order valence-electron chi connectivity index (χ0n) is 18.6. The molecule has 1 aliphatic carbocycles. The van der Waals surface area contributed by atoms with Crippen LogP contribution in [0.5, 0.6) is 0 Å². The summed E-state index contributed by atoms with van der Waals surface area (Å²) in [6.45, 7) is 2.03. The molecule has 8 heteroatoms. The Labute approximate surface area is 199 Å². The van der Waals surface area contributed by atoms with E-state index in [-0.39, 0.29) is 18.0 Å². The van der Waals surface area contributed by atoms with Gasteiger partial charge in [-0.2, -0.15) is 13.2 Å². The van der Waals surface area contributed by atoms with Crippen LogP contribution in [0, 0.1) is 6.92 Å². The third kappa shape index (κ3) is 4.73. The third-order valence-corrected chi connectivity index (χ3v) is 7.37. The smallest absolute Gasteiger partial charge is 0.382 e. The first-order valence-electron chi connectivity index (χ1n) is 11.3. The normalized spacial score (nSPS) is 18.8. The second-order valence-electron chi connectivity index (χ2n) is 8.90. The van der Waals surface area contributed by atoms with Gasteiger partial charge in [-0.3, -0.25) is 4.79 Å². The Hall–Kier alpha value is -3.13. The molecule has 0 bridgehead atoms. The van der Waals surface area contributed by atoms with Gasteiger partial charge in [-0.15, -0.1) is 11.3 Å². The van der Waals surface area contributed by atoms with Gasteiger partial charge in [0.1, 0.15) is 5.69 Å². The van der Waals surface area contributed by atoms with E-state index >= 15 is 0 Å². The van der Waals surface area contributed by atoms with Crippen LogP contribution in [0.2, 0.25) is 0 Å². The molecule has 2 atom stereocenters. The van der Waals surface area contributed by atoms with Gasteiger partial charge in [0.15, 0.2) is 0 Å². The van der Waals surface area contributed by atoms with Crippen LogP contribution in [0.15, 0.2) is 54.6 Å². The maximum atomic E-state index is 13.4. The van der Waals surface area contributed by atoms with E-state index in [0.717, 1.165) is 41.0 Å². The molecule has 0 radical (unpaired) electrons. The number of hydrogen-bond acceptors (Lipinski definition) is 4. The molecule has 1 amide bonds. The summed E-state index contributed by atoms with van der Waals surface area (Å²) in [7, 11) is 0. The maximum Gasteiger partial charge on any atom is 0.433 e. The summed E-state index contributed by atoms with van der Waals surface area (Å²) in [6, 6.07) is 15.9. The molecule has 0 saturated heterocycles. The quantitative estimate of drug-likeness (QED) is 0.331. The summed E-state index contributed by atoms with van der Waals surface area (Å²) in [4.78, 5) is 17.4. The van der Waals surface area contributed by atoms with Crippen molar-refractivity contribution in [2.45, 2.75) is 50.9 Å². The number of fused-ring (bicyclic) bond motifs is 2. The minimum Gasteiger partial charge on any atom is -0.382 e. The number of hydrogen-bond donors (Lipinski definition) is 2. The summed E-state index contributed by atoms with van der Waals surface area (Å²) in [6.07, 6.45) is -1.32. The number of para-hydroxylation sites is 1. The summed E-state index contributed by atoms with van der Waals surface area (Å²) in [5.41, 5.74) is 0.976. The fourth-order valence-electron chi connectivity index (χ4n) is 4.62. The fourth-order valence-corrected chi connectivity index (χ4v) is 5.68. The SMILES string of the molecule is Cc1ccc2cc(C(=O)N[C@@H]3CCC[C@H](Nc4cc(C(F)(F)F)nc5ccccc45)C3)sc2c1. The van der Waals surface area contributed by atoms with Crippen LogP contribution in [0.4, 0.5) is 18.9 Å². The third-order valence-electron chi connectivity index (χ3n) is 6.28. The number of nitrogens with one attached hydrogen (secondary N) is 2. The van der Waals surface area contributed by atoms with Gasteiger partial charge >= 0.3 is 6.18 Å². The van der Waals surface area contributed by atoms with Crippen LogP contribution in [-0.4, -0.2) is 23.0 Å². The lowest BCUT2D eigenvalue weighted by Crippen LogP contribution is -2.41. The van der Waals surface area contributed by atoms with Gasteiger partial charge in [0.2, 0.25) is 0 Å². The van der Waals surface area contributed by atoms with Gasteiger partial charge in [0.25, 0.3) is 5.91 Å². The second-order valence-corrected chi connectivity index (χ2v) is 9.98. The number of benzene rings is 2. The van der Waals surface area contributed by atoms with Gasteiger partial charge in [0, 0.05) is 27.9 Å². The molecule has 1 aliphatic rings. The average molecular weight is 484 g/mol. The molecule has 2 aromatic heterocycles. The number of rotatable bonds is 4. The molecule has 1 fully saturated rings. The van der Waals surface area contributed by atoms with Crippen molar-refractivity contribution in [1.29, 1.82) is 0 Å². The molecule has 2 N–H and O–H groups in total. The van der Waals surface area contributed by atoms with Crippen molar-refractivity contribution < 1.29 is 18.0 Å². The molecule has 0 spiro atoms.